The molecule has 0 spiro atoms. The smallest absolute Gasteiger partial charge is 0.260 e. The van der Waals surface area contributed by atoms with Crippen molar-refractivity contribution in [1.82, 2.24) is 15.3 Å². The standard InChI is InChI=1S/C26H27BrN4O5S2/c1-2-35-22-13-18(12-20(27)25(22)36-15-24(33)31-8-10-34-11-9-31)14-28-30-23(32)17-38-26-29-21(16-37-26)19-6-4-3-5-7-19/h3-7,12-14,16H,2,8-11,15,17H2,1H3,(H,30,32)/b28-14+. The zero-order valence-corrected chi connectivity index (χ0v) is 23.9. The Bertz CT molecular complexity index is 1270. The Hall–Kier alpha value is -2.93. The Morgan fingerprint density at radius 1 is 1.24 bits per heavy atom. The van der Waals surface area contributed by atoms with Crippen molar-refractivity contribution in [2.45, 2.75) is 11.3 Å². The summed E-state index contributed by atoms with van der Waals surface area (Å²) in [7, 11) is 0. The molecule has 9 nitrogen and oxygen atoms in total. The zero-order chi connectivity index (χ0) is 26.7. The first kappa shape index (κ1) is 28.1. The number of ether oxygens (including phenoxy) is 3. The predicted octanol–water partition coefficient (Wildman–Crippen LogP) is 4.45. The molecule has 2 aromatic carbocycles. The monoisotopic (exact) mass is 618 g/mol. The molecule has 1 saturated heterocycles. The number of morpholine rings is 1. The van der Waals surface area contributed by atoms with Crippen LogP contribution in [0.4, 0.5) is 0 Å². The van der Waals surface area contributed by atoms with Gasteiger partial charge >= 0.3 is 0 Å². The van der Waals surface area contributed by atoms with Gasteiger partial charge in [0.1, 0.15) is 0 Å². The van der Waals surface area contributed by atoms with Crippen LogP contribution in [0, 0.1) is 0 Å². The number of nitrogens with zero attached hydrogens (tertiary/aromatic N) is 3. The van der Waals surface area contributed by atoms with Crippen LogP contribution in [0.1, 0.15) is 12.5 Å². The van der Waals surface area contributed by atoms with Gasteiger partial charge in [-0.3, -0.25) is 9.59 Å². The molecule has 0 bridgehead atoms. The fourth-order valence-electron chi connectivity index (χ4n) is 3.51. The van der Waals surface area contributed by atoms with E-state index in [2.05, 4.69) is 31.4 Å². The number of hydrazone groups is 1. The normalized spacial score (nSPS) is 13.5. The van der Waals surface area contributed by atoms with E-state index in [0.29, 0.717) is 54.4 Å². The lowest BCUT2D eigenvalue weighted by Crippen LogP contribution is -2.43. The SMILES string of the molecule is CCOc1cc(/C=N/NC(=O)CSc2nc(-c3ccccc3)cs2)cc(Br)c1OCC(=O)N1CCOCC1. The summed E-state index contributed by atoms with van der Waals surface area (Å²) in [6.07, 6.45) is 1.52. The van der Waals surface area contributed by atoms with E-state index in [1.54, 1.807) is 17.0 Å². The Morgan fingerprint density at radius 3 is 2.79 bits per heavy atom. The Labute approximate surface area is 237 Å². The summed E-state index contributed by atoms with van der Waals surface area (Å²) in [6, 6.07) is 13.4. The van der Waals surface area contributed by atoms with Crippen LogP contribution in [0.5, 0.6) is 11.5 Å². The van der Waals surface area contributed by atoms with Gasteiger partial charge in [0, 0.05) is 24.0 Å². The molecule has 1 N–H and O–H groups in total. The number of thiazole rings is 1. The van der Waals surface area contributed by atoms with Crippen molar-refractivity contribution in [3.63, 3.8) is 0 Å². The van der Waals surface area contributed by atoms with Gasteiger partial charge in [-0.15, -0.1) is 11.3 Å². The highest BCUT2D eigenvalue weighted by Crippen LogP contribution is 2.36. The van der Waals surface area contributed by atoms with Crippen molar-refractivity contribution in [3.05, 3.63) is 57.9 Å². The summed E-state index contributed by atoms with van der Waals surface area (Å²) in [5.74, 6) is 0.746. The molecule has 0 atom stereocenters. The van der Waals surface area contributed by atoms with Gasteiger partial charge in [0.05, 0.1) is 42.0 Å². The average Bonchev–Trinajstić information content (AvgIpc) is 3.42. The van der Waals surface area contributed by atoms with Gasteiger partial charge in [0.25, 0.3) is 11.8 Å². The number of nitrogens with one attached hydrogen (secondary N) is 1. The second kappa shape index (κ2) is 14.3. The summed E-state index contributed by atoms with van der Waals surface area (Å²) in [4.78, 5) is 31.0. The molecule has 38 heavy (non-hydrogen) atoms. The van der Waals surface area contributed by atoms with E-state index >= 15 is 0 Å². The Balaban J connectivity index is 1.30. The minimum Gasteiger partial charge on any atom is -0.490 e. The van der Waals surface area contributed by atoms with Crippen LogP contribution < -0.4 is 14.9 Å². The lowest BCUT2D eigenvalue weighted by molar-refractivity contribution is -0.137. The van der Waals surface area contributed by atoms with Crippen LogP contribution in [0.3, 0.4) is 0 Å². The van der Waals surface area contributed by atoms with E-state index in [1.807, 2.05) is 42.6 Å². The lowest BCUT2D eigenvalue weighted by atomic mass is 10.2. The zero-order valence-electron chi connectivity index (χ0n) is 20.7. The molecule has 1 aliphatic heterocycles. The number of hydrogen-bond donors (Lipinski definition) is 1. The Morgan fingerprint density at radius 2 is 2.03 bits per heavy atom. The number of carbonyl (C=O) groups excluding carboxylic acids is 2. The first-order chi connectivity index (χ1) is 18.5. The maximum absolute atomic E-state index is 12.5. The van der Waals surface area contributed by atoms with Gasteiger partial charge in [-0.1, -0.05) is 42.1 Å². The number of benzene rings is 2. The summed E-state index contributed by atoms with van der Waals surface area (Å²) in [5.41, 5.74) is 5.17. The third-order valence-corrected chi connectivity index (χ3v) is 7.93. The van der Waals surface area contributed by atoms with Crippen LogP contribution in [0.25, 0.3) is 11.3 Å². The van der Waals surface area contributed by atoms with Crippen molar-refractivity contribution in [3.8, 4) is 22.8 Å². The average molecular weight is 620 g/mol. The molecule has 1 aromatic heterocycles. The minimum atomic E-state index is -0.242. The van der Waals surface area contributed by atoms with Crippen LogP contribution in [-0.4, -0.2) is 73.2 Å². The highest BCUT2D eigenvalue weighted by atomic mass is 79.9. The fraction of sp³-hybridized carbons (Fsp3) is 0.308. The molecule has 0 radical (unpaired) electrons. The molecular weight excluding hydrogens is 592 g/mol. The number of halogens is 1. The third-order valence-electron chi connectivity index (χ3n) is 5.32. The second-order valence-electron chi connectivity index (χ2n) is 7.99. The summed E-state index contributed by atoms with van der Waals surface area (Å²) < 4.78 is 18.3. The number of hydrogen-bond acceptors (Lipinski definition) is 9. The molecule has 3 aromatic rings. The van der Waals surface area contributed by atoms with Crippen molar-refractivity contribution in [2.75, 3.05) is 45.3 Å². The quantitative estimate of drug-likeness (QED) is 0.192. The van der Waals surface area contributed by atoms with Crippen LogP contribution >= 0.6 is 39.0 Å². The largest absolute Gasteiger partial charge is 0.490 e. The molecule has 1 fully saturated rings. The molecule has 200 valence electrons. The van der Waals surface area contributed by atoms with E-state index in [-0.39, 0.29) is 24.2 Å². The number of rotatable bonds is 11. The lowest BCUT2D eigenvalue weighted by Gasteiger charge is -2.27. The van der Waals surface area contributed by atoms with Gasteiger partial charge in [-0.05, 0) is 40.5 Å². The molecule has 2 heterocycles. The van der Waals surface area contributed by atoms with Crippen LogP contribution in [0.2, 0.25) is 0 Å². The molecule has 2 amide bonds. The number of aromatic nitrogens is 1. The van der Waals surface area contributed by atoms with E-state index in [9.17, 15) is 9.59 Å². The van der Waals surface area contributed by atoms with Gasteiger partial charge in [0.15, 0.2) is 22.4 Å². The molecule has 4 rings (SSSR count). The number of amides is 2. The van der Waals surface area contributed by atoms with E-state index in [4.69, 9.17) is 14.2 Å². The molecular formula is C26H27BrN4O5S2. The van der Waals surface area contributed by atoms with Crippen molar-refractivity contribution in [1.29, 1.82) is 0 Å². The van der Waals surface area contributed by atoms with Gasteiger partial charge in [0.2, 0.25) is 0 Å². The highest BCUT2D eigenvalue weighted by Gasteiger charge is 2.19. The maximum atomic E-state index is 12.5. The van der Waals surface area contributed by atoms with Crippen molar-refractivity contribution in [2.24, 2.45) is 5.10 Å². The molecule has 0 saturated carbocycles. The maximum Gasteiger partial charge on any atom is 0.260 e. The van der Waals surface area contributed by atoms with E-state index in [1.165, 1.54) is 29.3 Å². The van der Waals surface area contributed by atoms with Gasteiger partial charge in [-0.2, -0.15) is 5.10 Å². The van der Waals surface area contributed by atoms with Gasteiger partial charge < -0.3 is 19.1 Å². The predicted molar refractivity (Wildman–Crippen MR) is 152 cm³/mol. The molecule has 12 heteroatoms. The Kier molecular flexibility index (Phi) is 10.6. The summed E-state index contributed by atoms with van der Waals surface area (Å²) in [5, 5.41) is 6.05. The summed E-state index contributed by atoms with van der Waals surface area (Å²) >= 11 is 6.36. The van der Waals surface area contributed by atoms with Gasteiger partial charge in [-0.25, -0.2) is 10.4 Å². The van der Waals surface area contributed by atoms with Crippen LogP contribution in [0.15, 0.2) is 61.8 Å². The van der Waals surface area contributed by atoms with Crippen molar-refractivity contribution < 1.29 is 23.8 Å². The number of thioether (sulfide) groups is 1. The van der Waals surface area contributed by atoms with E-state index in [0.717, 1.165) is 15.6 Å². The summed E-state index contributed by atoms with van der Waals surface area (Å²) in [6.45, 7) is 4.34. The van der Waals surface area contributed by atoms with Crippen molar-refractivity contribution >= 4 is 57.1 Å². The molecule has 0 unspecified atom stereocenters. The highest BCUT2D eigenvalue weighted by molar-refractivity contribution is 9.10. The molecule has 1 aliphatic rings. The van der Waals surface area contributed by atoms with E-state index < -0.39 is 0 Å². The second-order valence-corrected chi connectivity index (χ2v) is 10.9. The number of carbonyl (C=O) groups is 2. The first-order valence-electron chi connectivity index (χ1n) is 11.9. The first-order valence-corrected chi connectivity index (χ1v) is 14.6. The molecule has 0 aliphatic carbocycles. The van der Waals surface area contributed by atoms with Crippen LogP contribution in [-0.2, 0) is 14.3 Å². The topological polar surface area (TPSA) is 102 Å². The minimum absolute atomic E-state index is 0.105. The fourth-order valence-corrected chi connectivity index (χ4v) is 5.71. The third kappa shape index (κ3) is 8.03.